The van der Waals surface area contributed by atoms with E-state index in [-0.39, 0.29) is 23.7 Å². The Balaban J connectivity index is 2.04. The van der Waals surface area contributed by atoms with E-state index in [9.17, 15) is 20.1 Å². The lowest BCUT2D eigenvalue weighted by atomic mass is 10.1. The molecule has 0 heterocycles. The Hall–Kier alpha value is -2.53. The zero-order valence-corrected chi connectivity index (χ0v) is 11.4. The summed E-state index contributed by atoms with van der Waals surface area (Å²) in [6.45, 7) is -0.190. The predicted molar refractivity (Wildman–Crippen MR) is 78.3 cm³/mol. The van der Waals surface area contributed by atoms with E-state index >= 15 is 0 Å². The Labute approximate surface area is 122 Å². The number of aliphatic hydroxyl groups is 1. The maximum Gasteiger partial charge on any atom is 0.251 e. The number of phenols is 2. The summed E-state index contributed by atoms with van der Waals surface area (Å²) in [6.07, 6.45) is 0.507. The number of rotatable bonds is 5. The van der Waals surface area contributed by atoms with Gasteiger partial charge in [0.15, 0.2) is 11.5 Å². The van der Waals surface area contributed by atoms with Crippen molar-refractivity contribution in [2.24, 2.45) is 0 Å². The Morgan fingerprint density at radius 1 is 1.05 bits per heavy atom. The monoisotopic (exact) mass is 287 g/mol. The molecular formula is C16H17NO4. The molecule has 0 aromatic heterocycles. The molecule has 0 radical (unpaired) electrons. The number of carbonyl (C=O) groups is 1. The summed E-state index contributed by atoms with van der Waals surface area (Å²) in [5.41, 5.74) is 1.22. The van der Waals surface area contributed by atoms with Gasteiger partial charge in [-0.25, -0.2) is 0 Å². The fourth-order valence-corrected chi connectivity index (χ4v) is 1.99. The molecule has 0 saturated heterocycles. The highest BCUT2D eigenvalue weighted by molar-refractivity contribution is 5.95. The van der Waals surface area contributed by atoms with Crippen molar-refractivity contribution < 1.29 is 20.1 Å². The van der Waals surface area contributed by atoms with Crippen LogP contribution in [0, 0.1) is 0 Å². The van der Waals surface area contributed by atoms with Crippen molar-refractivity contribution in [2.45, 2.75) is 12.5 Å². The van der Waals surface area contributed by atoms with Crippen LogP contribution in [0.25, 0.3) is 0 Å². The minimum absolute atomic E-state index is 0.190. The molecule has 2 rings (SSSR count). The Morgan fingerprint density at radius 2 is 1.76 bits per heavy atom. The molecule has 0 saturated carbocycles. The topological polar surface area (TPSA) is 89.8 Å². The van der Waals surface area contributed by atoms with Crippen molar-refractivity contribution in [3.05, 3.63) is 59.7 Å². The minimum Gasteiger partial charge on any atom is -0.504 e. The SMILES string of the molecule is O=C(N[C@H](CO)Cc1ccccc1)c1ccc(O)c(O)c1. The van der Waals surface area contributed by atoms with Gasteiger partial charge in [0.2, 0.25) is 0 Å². The second kappa shape index (κ2) is 6.76. The molecule has 0 aliphatic heterocycles. The lowest BCUT2D eigenvalue weighted by Gasteiger charge is -2.16. The Morgan fingerprint density at radius 3 is 2.38 bits per heavy atom. The third kappa shape index (κ3) is 3.97. The van der Waals surface area contributed by atoms with Crippen molar-refractivity contribution in [1.82, 2.24) is 5.32 Å². The second-order valence-electron chi connectivity index (χ2n) is 4.75. The lowest BCUT2D eigenvalue weighted by Crippen LogP contribution is -2.39. The first-order valence-electron chi connectivity index (χ1n) is 6.58. The Kier molecular flexibility index (Phi) is 4.79. The summed E-state index contributed by atoms with van der Waals surface area (Å²) in [5, 5.41) is 30.7. The van der Waals surface area contributed by atoms with Crippen molar-refractivity contribution in [3.8, 4) is 11.5 Å². The van der Waals surface area contributed by atoms with Gasteiger partial charge >= 0.3 is 0 Å². The predicted octanol–water partition coefficient (Wildman–Crippen LogP) is 1.43. The third-order valence-corrected chi connectivity index (χ3v) is 3.12. The molecule has 0 aliphatic carbocycles. The maximum atomic E-state index is 12.1. The van der Waals surface area contributed by atoms with Gasteiger partial charge < -0.3 is 20.6 Å². The van der Waals surface area contributed by atoms with Crippen molar-refractivity contribution in [2.75, 3.05) is 6.61 Å². The number of phenolic OH excluding ortho intramolecular Hbond substituents is 2. The van der Waals surface area contributed by atoms with Gasteiger partial charge in [-0.2, -0.15) is 0 Å². The smallest absolute Gasteiger partial charge is 0.251 e. The van der Waals surface area contributed by atoms with E-state index in [4.69, 9.17) is 0 Å². The number of aliphatic hydroxyl groups excluding tert-OH is 1. The van der Waals surface area contributed by atoms with Crippen molar-refractivity contribution in [3.63, 3.8) is 0 Å². The third-order valence-electron chi connectivity index (χ3n) is 3.12. The van der Waals surface area contributed by atoms with Crippen molar-refractivity contribution >= 4 is 5.91 Å². The summed E-state index contributed by atoms with van der Waals surface area (Å²) in [7, 11) is 0. The fourth-order valence-electron chi connectivity index (χ4n) is 1.99. The van der Waals surface area contributed by atoms with Gasteiger partial charge in [-0.1, -0.05) is 30.3 Å². The van der Waals surface area contributed by atoms with E-state index in [2.05, 4.69) is 5.32 Å². The van der Waals surface area contributed by atoms with Crippen LogP contribution in [-0.4, -0.2) is 33.9 Å². The molecule has 4 N–H and O–H groups in total. The fraction of sp³-hybridized carbons (Fsp3) is 0.188. The molecule has 1 atom stereocenters. The van der Waals surface area contributed by atoms with Gasteiger partial charge in [0.1, 0.15) is 0 Å². The van der Waals surface area contributed by atoms with Crippen LogP contribution in [0.4, 0.5) is 0 Å². The van der Waals surface area contributed by atoms with Gasteiger partial charge in [0.25, 0.3) is 5.91 Å². The first-order valence-corrected chi connectivity index (χ1v) is 6.58. The van der Waals surface area contributed by atoms with Crippen LogP contribution in [0.5, 0.6) is 11.5 Å². The molecule has 5 heteroatoms. The number of aromatic hydroxyl groups is 2. The zero-order chi connectivity index (χ0) is 15.2. The number of benzene rings is 2. The summed E-state index contributed by atoms with van der Waals surface area (Å²) < 4.78 is 0. The second-order valence-corrected chi connectivity index (χ2v) is 4.75. The van der Waals surface area contributed by atoms with E-state index in [1.165, 1.54) is 18.2 Å². The standard InChI is InChI=1S/C16H17NO4/c18-10-13(8-11-4-2-1-3-5-11)17-16(21)12-6-7-14(19)15(20)9-12/h1-7,9,13,18-20H,8,10H2,(H,17,21)/t13-/m0/s1. The van der Waals surface area contributed by atoms with E-state index in [0.29, 0.717) is 6.42 Å². The van der Waals surface area contributed by atoms with Crippen LogP contribution in [-0.2, 0) is 6.42 Å². The highest BCUT2D eigenvalue weighted by Crippen LogP contribution is 2.24. The zero-order valence-electron chi connectivity index (χ0n) is 11.4. The number of hydrogen-bond acceptors (Lipinski definition) is 4. The molecule has 0 spiro atoms. The van der Waals surface area contributed by atoms with E-state index in [1.807, 2.05) is 30.3 Å². The van der Waals surface area contributed by atoms with Crippen LogP contribution < -0.4 is 5.32 Å². The number of hydrogen-bond donors (Lipinski definition) is 4. The van der Waals surface area contributed by atoms with Crippen LogP contribution >= 0.6 is 0 Å². The molecule has 110 valence electrons. The molecular weight excluding hydrogens is 270 g/mol. The van der Waals surface area contributed by atoms with Gasteiger partial charge in [-0.3, -0.25) is 4.79 Å². The summed E-state index contributed by atoms with van der Waals surface area (Å²) in [6, 6.07) is 12.9. The summed E-state index contributed by atoms with van der Waals surface area (Å²) >= 11 is 0. The summed E-state index contributed by atoms with van der Waals surface area (Å²) in [4.78, 5) is 12.1. The van der Waals surface area contributed by atoms with Crippen LogP contribution in [0.3, 0.4) is 0 Å². The molecule has 5 nitrogen and oxygen atoms in total. The minimum atomic E-state index is -0.421. The first-order chi connectivity index (χ1) is 10.1. The largest absolute Gasteiger partial charge is 0.504 e. The molecule has 1 amide bonds. The number of carbonyl (C=O) groups excluding carboxylic acids is 1. The average molecular weight is 287 g/mol. The molecule has 2 aromatic rings. The number of nitrogens with one attached hydrogen (secondary N) is 1. The van der Waals surface area contributed by atoms with Gasteiger partial charge in [-0.15, -0.1) is 0 Å². The molecule has 0 fully saturated rings. The van der Waals surface area contributed by atoms with Gasteiger partial charge in [-0.05, 0) is 30.2 Å². The molecule has 2 aromatic carbocycles. The highest BCUT2D eigenvalue weighted by Gasteiger charge is 2.14. The quantitative estimate of drug-likeness (QED) is 0.626. The number of amides is 1. The van der Waals surface area contributed by atoms with E-state index in [0.717, 1.165) is 5.56 Å². The van der Waals surface area contributed by atoms with Crippen LogP contribution in [0.2, 0.25) is 0 Å². The molecule has 0 bridgehead atoms. The van der Waals surface area contributed by atoms with E-state index in [1.54, 1.807) is 0 Å². The van der Waals surface area contributed by atoms with E-state index < -0.39 is 11.9 Å². The normalized spacial score (nSPS) is 11.9. The van der Waals surface area contributed by atoms with Crippen LogP contribution in [0.15, 0.2) is 48.5 Å². The van der Waals surface area contributed by atoms with Crippen molar-refractivity contribution in [1.29, 1.82) is 0 Å². The van der Waals surface area contributed by atoms with Gasteiger partial charge in [0, 0.05) is 5.56 Å². The highest BCUT2D eigenvalue weighted by atomic mass is 16.3. The Bertz CT molecular complexity index is 613. The maximum absolute atomic E-state index is 12.1. The van der Waals surface area contributed by atoms with Crippen LogP contribution in [0.1, 0.15) is 15.9 Å². The molecule has 0 unspecified atom stereocenters. The molecule has 21 heavy (non-hydrogen) atoms. The average Bonchev–Trinajstić information content (AvgIpc) is 2.50. The lowest BCUT2D eigenvalue weighted by molar-refractivity contribution is 0.0916. The van der Waals surface area contributed by atoms with Gasteiger partial charge in [0.05, 0.1) is 12.6 Å². The molecule has 0 aliphatic rings. The summed E-state index contributed by atoms with van der Waals surface area (Å²) in [5.74, 6) is -1.05. The first kappa shape index (κ1) is 14.9.